The summed E-state index contributed by atoms with van der Waals surface area (Å²) in [6.07, 6.45) is 5.37. The zero-order valence-electron chi connectivity index (χ0n) is 11.5. The third kappa shape index (κ3) is 6.67. The second kappa shape index (κ2) is 6.39. The molecule has 1 aliphatic rings. The van der Waals surface area contributed by atoms with Gasteiger partial charge in [0.15, 0.2) is 0 Å². The van der Waals surface area contributed by atoms with Gasteiger partial charge < -0.3 is 10.4 Å². The zero-order chi connectivity index (χ0) is 12.9. The molecular weight excluding hydrogens is 214 g/mol. The Labute approximate surface area is 105 Å². The molecule has 2 N–H and O–H groups in total. The minimum atomic E-state index is -0.153. The Balaban J connectivity index is 2.15. The van der Waals surface area contributed by atoms with Gasteiger partial charge in [0.25, 0.3) is 0 Å². The lowest BCUT2D eigenvalue weighted by molar-refractivity contribution is -0.121. The first-order chi connectivity index (χ1) is 7.87. The molecule has 100 valence electrons. The molecule has 1 aliphatic carbocycles. The number of aliphatic hydroxyl groups excluding tert-OH is 1. The molecule has 0 aromatic carbocycles. The van der Waals surface area contributed by atoms with E-state index in [4.69, 9.17) is 0 Å². The number of carbonyl (C=O) groups excluding carboxylic acids is 1. The van der Waals surface area contributed by atoms with Crippen LogP contribution in [0.4, 0.5) is 0 Å². The average Bonchev–Trinajstić information content (AvgIpc) is 2.23. The quantitative estimate of drug-likeness (QED) is 0.794. The van der Waals surface area contributed by atoms with E-state index in [0.717, 1.165) is 38.6 Å². The molecule has 0 spiro atoms. The van der Waals surface area contributed by atoms with Gasteiger partial charge in [-0.2, -0.15) is 0 Å². The van der Waals surface area contributed by atoms with E-state index in [0.29, 0.717) is 12.3 Å². The summed E-state index contributed by atoms with van der Waals surface area (Å²) in [4.78, 5) is 11.6. The third-order valence-electron chi connectivity index (χ3n) is 3.45. The number of rotatable bonds is 4. The van der Waals surface area contributed by atoms with Crippen molar-refractivity contribution >= 4 is 5.91 Å². The van der Waals surface area contributed by atoms with Crippen LogP contribution in [0.3, 0.4) is 0 Å². The van der Waals surface area contributed by atoms with Crippen LogP contribution in [0.5, 0.6) is 0 Å². The van der Waals surface area contributed by atoms with E-state index in [1.54, 1.807) is 0 Å². The van der Waals surface area contributed by atoms with Crippen LogP contribution in [-0.2, 0) is 4.79 Å². The summed E-state index contributed by atoms with van der Waals surface area (Å²) in [7, 11) is 0. The number of carbonyl (C=O) groups is 1. The monoisotopic (exact) mass is 241 g/mol. The summed E-state index contributed by atoms with van der Waals surface area (Å²) in [5.41, 5.74) is 0.221. The topological polar surface area (TPSA) is 49.3 Å². The van der Waals surface area contributed by atoms with E-state index in [1.165, 1.54) is 0 Å². The van der Waals surface area contributed by atoms with Gasteiger partial charge in [0.05, 0.1) is 6.10 Å². The predicted octanol–water partition coefficient (Wildman–Crippen LogP) is 2.48. The molecule has 0 radical (unpaired) electrons. The first-order valence-electron chi connectivity index (χ1n) is 6.81. The van der Waals surface area contributed by atoms with Crippen molar-refractivity contribution < 1.29 is 9.90 Å². The Kier molecular flexibility index (Phi) is 5.44. The van der Waals surface area contributed by atoms with Gasteiger partial charge in [0.2, 0.25) is 5.91 Å². The van der Waals surface area contributed by atoms with Crippen molar-refractivity contribution in [3.8, 4) is 0 Å². The Morgan fingerprint density at radius 2 is 2.06 bits per heavy atom. The molecule has 0 saturated heterocycles. The molecule has 0 bridgehead atoms. The highest BCUT2D eigenvalue weighted by atomic mass is 16.3. The van der Waals surface area contributed by atoms with Crippen LogP contribution in [0.1, 0.15) is 59.3 Å². The smallest absolute Gasteiger partial charge is 0.220 e. The van der Waals surface area contributed by atoms with Crippen LogP contribution < -0.4 is 5.32 Å². The highest BCUT2D eigenvalue weighted by Crippen LogP contribution is 2.24. The van der Waals surface area contributed by atoms with Gasteiger partial charge >= 0.3 is 0 Å². The molecule has 0 aromatic rings. The van der Waals surface area contributed by atoms with Gasteiger partial charge in [-0.3, -0.25) is 4.79 Å². The van der Waals surface area contributed by atoms with Gasteiger partial charge in [0.1, 0.15) is 0 Å². The Morgan fingerprint density at radius 1 is 1.35 bits per heavy atom. The molecule has 0 aromatic heterocycles. The summed E-state index contributed by atoms with van der Waals surface area (Å²) < 4.78 is 0. The number of aliphatic hydroxyl groups is 1. The Bertz CT molecular complexity index is 245. The maximum atomic E-state index is 11.6. The van der Waals surface area contributed by atoms with Crippen LogP contribution in [0.15, 0.2) is 0 Å². The summed E-state index contributed by atoms with van der Waals surface area (Å²) >= 11 is 0. The second-order valence-corrected chi connectivity index (χ2v) is 6.55. The molecule has 2 atom stereocenters. The lowest BCUT2D eigenvalue weighted by atomic mass is 9.87. The molecule has 1 amide bonds. The minimum Gasteiger partial charge on any atom is -0.393 e. The highest BCUT2D eigenvalue weighted by Gasteiger charge is 2.20. The van der Waals surface area contributed by atoms with Crippen molar-refractivity contribution in [1.82, 2.24) is 5.32 Å². The fourth-order valence-electron chi connectivity index (χ4n) is 2.28. The first-order valence-corrected chi connectivity index (χ1v) is 6.81. The van der Waals surface area contributed by atoms with E-state index in [1.807, 2.05) is 0 Å². The van der Waals surface area contributed by atoms with Crippen LogP contribution in [-0.4, -0.2) is 23.7 Å². The van der Waals surface area contributed by atoms with Crippen molar-refractivity contribution in [3.63, 3.8) is 0 Å². The largest absolute Gasteiger partial charge is 0.393 e. The van der Waals surface area contributed by atoms with Crippen molar-refractivity contribution in [2.75, 3.05) is 6.54 Å². The average molecular weight is 241 g/mol. The van der Waals surface area contributed by atoms with Gasteiger partial charge in [-0.05, 0) is 37.0 Å². The maximum absolute atomic E-state index is 11.6. The molecule has 1 fully saturated rings. The van der Waals surface area contributed by atoms with Gasteiger partial charge in [-0.15, -0.1) is 0 Å². The molecule has 0 heterocycles. The SMILES string of the molecule is CC(C)(C)CCC(=O)NCC1CCCC(O)C1. The van der Waals surface area contributed by atoms with E-state index in [9.17, 15) is 9.90 Å². The molecule has 3 nitrogen and oxygen atoms in total. The number of nitrogens with one attached hydrogen (secondary N) is 1. The number of amides is 1. The first kappa shape index (κ1) is 14.5. The fourth-order valence-corrected chi connectivity index (χ4v) is 2.28. The molecule has 1 rings (SSSR count). The summed E-state index contributed by atoms with van der Waals surface area (Å²) in [6, 6.07) is 0. The Morgan fingerprint density at radius 3 is 2.65 bits per heavy atom. The standard InChI is InChI=1S/C14H27NO2/c1-14(2,3)8-7-13(17)15-10-11-5-4-6-12(16)9-11/h11-12,16H,4-10H2,1-3H3,(H,15,17). The Hall–Kier alpha value is -0.570. The normalized spacial score (nSPS) is 25.6. The zero-order valence-corrected chi connectivity index (χ0v) is 11.5. The minimum absolute atomic E-state index is 0.153. The van der Waals surface area contributed by atoms with E-state index >= 15 is 0 Å². The molecular formula is C14H27NO2. The van der Waals surface area contributed by atoms with Gasteiger partial charge in [-0.25, -0.2) is 0 Å². The summed E-state index contributed by atoms with van der Waals surface area (Å²) in [6.45, 7) is 7.19. The van der Waals surface area contributed by atoms with Gasteiger partial charge in [0, 0.05) is 13.0 Å². The number of hydrogen-bond acceptors (Lipinski definition) is 2. The fraction of sp³-hybridized carbons (Fsp3) is 0.929. The maximum Gasteiger partial charge on any atom is 0.220 e. The molecule has 3 heteroatoms. The lowest BCUT2D eigenvalue weighted by Gasteiger charge is -2.26. The van der Waals surface area contributed by atoms with Gasteiger partial charge in [-0.1, -0.05) is 27.2 Å². The summed E-state index contributed by atoms with van der Waals surface area (Å²) in [5, 5.41) is 12.5. The van der Waals surface area contributed by atoms with E-state index in [2.05, 4.69) is 26.1 Å². The van der Waals surface area contributed by atoms with E-state index in [-0.39, 0.29) is 17.4 Å². The molecule has 2 unspecified atom stereocenters. The molecule has 17 heavy (non-hydrogen) atoms. The third-order valence-corrected chi connectivity index (χ3v) is 3.45. The molecule has 0 aliphatic heterocycles. The summed E-state index contributed by atoms with van der Waals surface area (Å²) in [5.74, 6) is 0.623. The van der Waals surface area contributed by atoms with Crippen LogP contribution in [0.25, 0.3) is 0 Å². The van der Waals surface area contributed by atoms with Crippen molar-refractivity contribution in [2.45, 2.75) is 65.4 Å². The van der Waals surface area contributed by atoms with Crippen molar-refractivity contribution in [3.05, 3.63) is 0 Å². The van der Waals surface area contributed by atoms with Crippen LogP contribution in [0.2, 0.25) is 0 Å². The van der Waals surface area contributed by atoms with Crippen molar-refractivity contribution in [1.29, 1.82) is 0 Å². The second-order valence-electron chi connectivity index (χ2n) is 6.55. The van der Waals surface area contributed by atoms with Crippen LogP contribution >= 0.6 is 0 Å². The van der Waals surface area contributed by atoms with E-state index < -0.39 is 0 Å². The highest BCUT2D eigenvalue weighted by molar-refractivity contribution is 5.75. The lowest BCUT2D eigenvalue weighted by Crippen LogP contribution is -2.33. The van der Waals surface area contributed by atoms with Crippen LogP contribution in [0, 0.1) is 11.3 Å². The molecule has 1 saturated carbocycles. The number of hydrogen-bond donors (Lipinski definition) is 2. The predicted molar refractivity (Wildman–Crippen MR) is 69.7 cm³/mol. The van der Waals surface area contributed by atoms with Crippen molar-refractivity contribution in [2.24, 2.45) is 11.3 Å².